The number of amides is 2. The summed E-state index contributed by atoms with van der Waals surface area (Å²) in [5, 5.41) is 6.32. The summed E-state index contributed by atoms with van der Waals surface area (Å²) in [4.78, 5) is 30.3. The Labute approximate surface area is 192 Å². The first-order valence-corrected chi connectivity index (χ1v) is 11.5. The molecule has 0 saturated carbocycles. The zero-order chi connectivity index (χ0) is 22.7. The zero-order valence-corrected chi connectivity index (χ0v) is 19.4. The molecule has 32 heavy (non-hydrogen) atoms. The predicted octanol–water partition coefficient (Wildman–Crippen LogP) is 4.17. The molecule has 1 aromatic heterocycles. The van der Waals surface area contributed by atoms with E-state index in [2.05, 4.69) is 27.7 Å². The zero-order valence-electron chi connectivity index (χ0n) is 18.6. The molecule has 3 aromatic rings. The fourth-order valence-electron chi connectivity index (χ4n) is 3.83. The van der Waals surface area contributed by atoms with Gasteiger partial charge in [0.1, 0.15) is 0 Å². The van der Waals surface area contributed by atoms with Crippen molar-refractivity contribution in [2.24, 2.45) is 0 Å². The Hall–Kier alpha value is -3.16. The van der Waals surface area contributed by atoms with Crippen molar-refractivity contribution in [1.29, 1.82) is 0 Å². The molecule has 2 aromatic carbocycles. The molecule has 0 bridgehead atoms. The second-order valence-electron chi connectivity index (χ2n) is 8.16. The van der Waals surface area contributed by atoms with E-state index in [4.69, 9.17) is 0 Å². The third-order valence-corrected chi connectivity index (χ3v) is 6.87. The van der Waals surface area contributed by atoms with Gasteiger partial charge in [0.25, 0.3) is 11.8 Å². The lowest BCUT2D eigenvalue weighted by molar-refractivity contribution is 0.0827. The first-order valence-electron chi connectivity index (χ1n) is 10.7. The van der Waals surface area contributed by atoms with Crippen LogP contribution in [0.5, 0.6) is 0 Å². The molecule has 2 amide bonds. The van der Waals surface area contributed by atoms with Crippen LogP contribution in [0.4, 0.5) is 11.4 Å². The van der Waals surface area contributed by atoms with E-state index >= 15 is 0 Å². The van der Waals surface area contributed by atoms with E-state index in [1.54, 1.807) is 19.0 Å². The van der Waals surface area contributed by atoms with E-state index in [9.17, 15) is 9.59 Å². The van der Waals surface area contributed by atoms with Gasteiger partial charge in [-0.15, -0.1) is 11.3 Å². The van der Waals surface area contributed by atoms with Crippen molar-refractivity contribution in [3.8, 4) is 10.4 Å². The molecule has 2 N–H and O–H groups in total. The summed E-state index contributed by atoms with van der Waals surface area (Å²) in [6.45, 7) is 2.05. The first-order chi connectivity index (χ1) is 15.4. The number of hydrogen-bond acceptors (Lipinski definition) is 5. The van der Waals surface area contributed by atoms with E-state index in [1.165, 1.54) is 17.0 Å². The quantitative estimate of drug-likeness (QED) is 0.594. The van der Waals surface area contributed by atoms with Crippen LogP contribution in [0.15, 0.2) is 60.7 Å². The number of carbonyl (C=O) groups is 2. The van der Waals surface area contributed by atoms with Gasteiger partial charge < -0.3 is 20.4 Å². The Morgan fingerprint density at radius 3 is 2.34 bits per heavy atom. The molecule has 2 heterocycles. The highest BCUT2D eigenvalue weighted by molar-refractivity contribution is 7.17. The number of hydrogen-bond donors (Lipinski definition) is 2. The highest BCUT2D eigenvalue weighted by atomic mass is 32.1. The predicted molar refractivity (Wildman–Crippen MR) is 132 cm³/mol. The second-order valence-corrected chi connectivity index (χ2v) is 9.25. The Kier molecular flexibility index (Phi) is 6.58. The number of nitrogens with zero attached hydrogens (tertiary/aromatic N) is 2. The van der Waals surface area contributed by atoms with Crippen LogP contribution in [0.2, 0.25) is 0 Å². The van der Waals surface area contributed by atoms with Crippen molar-refractivity contribution in [1.82, 2.24) is 10.2 Å². The summed E-state index contributed by atoms with van der Waals surface area (Å²) >= 11 is 1.44. The minimum Gasteiger partial charge on any atom is -0.370 e. The number of nitrogens with one attached hydrogen (secondary N) is 2. The molecule has 0 aliphatic carbocycles. The van der Waals surface area contributed by atoms with Crippen molar-refractivity contribution in [3.05, 3.63) is 71.1 Å². The standard InChI is InChI=1S/C25H28N4O2S/c1-26-20-14-15-29(16-20)21-10-8-19(9-11-21)27-24(30)23-13-12-22(32-23)17-4-6-18(7-5-17)25(31)28(2)3/h4-13,20,26H,14-16H2,1-3H3,(H,27,30). The summed E-state index contributed by atoms with van der Waals surface area (Å²) in [6, 6.07) is 19.8. The number of thiophene rings is 1. The minimum absolute atomic E-state index is 0.0274. The Morgan fingerprint density at radius 1 is 1.00 bits per heavy atom. The average molecular weight is 449 g/mol. The maximum atomic E-state index is 12.7. The number of rotatable bonds is 6. The van der Waals surface area contributed by atoms with Crippen LogP contribution in [0.3, 0.4) is 0 Å². The molecule has 7 heteroatoms. The molecule has 0 radical (unpaired) electrons. The van der Waals surface area contributed by atoms with Crippen molar-refractivity contribution in [2.45, 2.75) is 12.5 Å². The molecular formula is C25H28N4O2S. The molecule has 0 spiro atoms. The van der Waals surface area contributed by atoms with Crippen LogP contribution < -0.4 is 15.5 Å². The van der Waals surface area contributed by atoms with Gasteiger partial charge in [0.05, 0.1) is 4.88 Å². The van der Waals surface area contributed by atoms with E-state index in [0.717, 1.165) is 35.6 Å². The summed E-state index contributed by atoms with van der Waals surface area (Å²) in [6.07, 6.45) is 1.14. The fourth-order valence-corrected chi connectivity index (χ4v) is 4.74. The lowest BCUT2D eigenvalue weighted by atomic mass is 10.1. The highest BCUT2D eigenvalue weighted by Crippen LogP contribution is 2.29. The second kappa shape index (κ2) is 9.54. The maximum Gasteiger partial charge on any atom is 0.265 e. The van der Waals surface area contributed by atoms with Crippen molar-refractivity contribution >= 4 is 34.5 Å². The van der Waals surface area contributed by atoms with Gasteiger partial charge in [-0.25, -0.2) is 0 Å². The van der Waals surface area contributed by atoms with E-state index in [0.29, 0.717) is 16.5 Å². The van der Waals surface area contributed by atoms with Gasteiger partial charge in [0.15, 0.2) is 0 Å². The van der Waals surface area contributed by atoms with Crippen LogP contribution in [0.1, 0.15) is 26.5 Å². The molecule has 6 nitrogen and oxygen atoms in total. The summed E-state index contributed by atoms with van der Waals surface area (Å²) in [5.74, 6) is -0.148. The van der Waals surface area contributed by atoms with Gasteiger partial charge in [-0.05, 0) is 67.6 Å². The molecule has 1 fully saturated rings. The SMILES string of the molecule is CNC1CCN(c2ccc(NC(=O)c3ccc(-c4ccc(C(=O)N(C)C)cc4)s3)cc2)C1. The van der Waals surface area contributed by atoms with Crippen molar-refractivity contribution in [2.75, 3.05) is 44.4 Å². The molecule has 1 aliphatic heterocycles. The van der Waals surface area contributed by atoms with Crippen LogP contribution in [-0.2, 0) is 0 Å². The third-order valence-electron chi connectivity index (χ3n) is 5.74. The Bertz CT molecular complexity index is 1090. The molecule has 1 saturated heterocycles. The highest BCUT2D eigenvalue weighted by Gasteiger charge is 2.21. The summed E-state index contributed by atoms with van der Waals surface area (Å²) in [7, 11) is 5.48. The summed E-state index contributed by atoms with van der Waals surface area (Å²) < 4.78 is 0. The van der Waals surface area contributed by atoms with Crippen molar-refractivity contribution < 1.29 is 9.59 Å². The first kappa shape index (κ1) is 22.0. The topological polar surface area (TPSA) is 64.7 Å². The molecular weight excluding hydrogens is 420 g/mol. The molecule has 1 aliphatic rings. The van der Waals surface area contributed by atoms with Gasteiger partial charge in [0, 0.05) is 55.0 Å². The van der Waals surface area contributed by atoms with Gasteiger partial charge in [-0.1, -0.05) is 12.1 Å². The molecule has 166 valence electrons. The lowest BCUT2D eigenvalue weighted by Gasteiger charge is -2.19. The number of anilines is 2. The number of carbonyl (C=O) groups excluding carboxylic acids is 2. The van der Waals surface area contributed by atoms with Gasteiger partial charge in [-0.2, -0.15) is 0 Å². The minimum atomic E-state index is -0.121. The number of likely N-dealkylation sites (N-methyl/N-ethyl adjacent to an activating group) is 1. The maximum absolute atomic E-state index is 12.7. The van der Waals surface area contributed by atoms with Crippen molar-refractivity contribution in [3.63, 3.8) is 0 Å². The Balaban J connectivity index is 1.39. The third kappa shape index (κ3) is 4.84. The van der Waals surface area contributed by atoms with Gasteiger partial charge in [-0.3, -0.25) is 9.59 Å². The van der Waals surface area contributed by atoms with Crippen LogP contribution in [0.25, 0.3) is 10.4 Å². The van der Waals surface area contributed by atoms with Crippen LogP contribution in [-0.4, -0.2) is 57.0 Å². The lowest BCUT2D eigenvalue weighted by Crippen LogP contribution is -2.29. The monoisotopic (exact) mass is 448 g/mol. The van der Waals surface area contributed by atoms with Crippen LogP contribution >= 0.6 is 11.3 Å². The number of benzene rings is 2. The largest absolute Gasteiger partial charge is 0.370 e. The Morgan fingerprint density at radius 2 is 1.72 bits per heavy atom. The molecule has 1 atom stereocenters. The van der Waals surface area contributed by atoms with E-state index in [1.807, 2.05) is 55.6 Å². The van der Waals surface area contributed by atoms with E-state index < -0.39 is 0 Å². The summed E-state index contributed by atoms with van der Waals surface area (Å²) in [5.41, 5.74) is 3.59. The molecule has 4 rings (SSSR count). The van der Waals surface area contributed by atoms with Gasteiger partial charge in [0.2, 0.25) is 0 Å². The van der Waals surface area contributed by atoms with Crippen LogP contribution in [0, 0.1) is 0 Å². The smallest absolute Gasteiger partial charge is 0.265 e. The fraction of sp³-hybridized carbons (Fsp3) is 0.280. The molecule has 1 unspecified atom stereocenters. The average Bonchev–Trinajstić information content (AvgIpc) is 3.49. The van der Waals surface area contributed by atoms with E-state index in [-0.39, 0.29) is 11.8 Å². The van der Waals surface area contributed by atoms with Gasteiger partial charge >= 0.3 is 0 Å². The normalized spacial score (nSPS) is 15.6.